The van der Waals surface area contributed by atoms with Gasteiger partial charge in [-0.2, -0.15) is 0 Å². The molecule has 1 rings (SSSR count). The average Bonchev–Trinajstić information content (AvgIpc) is 2.35. The fourth-order valence-electron chi connectivity index (χ4n) is 0.592. The van der Waals surface area contributed by atoms with Gasteiger partial charge in [0, 0.05) is 11.3 Å². The van der Waals surface area contributed by atoms with Crippen LogP contribution >= 0.6 is 23.1 Å². The van der Waals surface area contributed by atoms with Gasteiger partial charge >= 0.3 is 0 Å². The number of nitrogens with zero attached hydrogens (tertiary/aromatic N) is 2. The Bertz CT molecular complexity index is 247. The zero-order valence-corrected chi connectivity index (χ0v) is 9.08. The maximum absolute atomic E-state index is 5.73. The summed E-state index contributed by atoms with van der Waals surface area (Å²) in [7, 11) is 0. The predicted molar refractivity (Wildman–Crippen MR) is 53.6 cm³/mol. The predicted octanol–water partition coefficient (Wildman–Crippen LogP) is 1.67. The van der Waals surface area contributed by atoms with E-state index < -0.39 is 0 Å². The third-order valence-electron chi connectivity index (χ3n) is 1.53. The fourth-order valence-corrected chi connectivity index (χ4v) is 2.64. The lowest BCUT2D eigenvalue weighted by Gasteiger charge is -2.11. The van der Waals surface area contributed by atoms with Gasteiger partial charge in [0.15, 0.2) is 4.34 Å². The minimum atomic E-state index is 0.194. The van der Waals surface area contributed by atoms with Crippen LogP contribution in [0.15, 0.2) is 4.34 Å². The molecule has 0 bridgehead atoms. The van der Waals surface area contributed by atoms with E-state index in [9.17, 15) is 0 Å². The summed E-state index contributed by atoms with van der Waals surface area (Å²) < 4.78 is 1.01. The first-order valence-electron chi connectivity index (χ1n) is 3.82. The van der Waals surface area contributed by atoms with Gasteiger partial charge in [-0.3, -0.25) is 0 Å². The van der Waals surface area contributed by atoms with Crippen LogP contribution in [0.5, 0.6) is 0 Å². The molecule has 3 nitrogen and oxygen atoms in total. The summed E-state index contributed by atoms with van der Waals surface area (Å²) >= 11 is 3.31. The molecule has 1 aromatic rings. The largest absolute Gasteiger partial charge is 0.327 e. The van der Waals surface area contributed by atoms with E-state index in [1.807, 2.05) is 13.8 Å². The second-order valence-electron chi connectivity index (χ2n) is 2.77. The second-order valence-corrected chi connectivity index (χ2v) is 5.58. The highest BCUT2D eigenvalue weighted by Gasteiger charge is 2.11. The third-order valence-corrected chi connectivity index (χ3v) is 3.79. The minimum Gasteiger partial charge on any atom is -0.327 e. The molecule has 2 N–H and O–H groups in total. The molecule has 0 amide bonds. The molecule has 2 unspecified atom stereocenters. The van der Waals surface area contributed by atoms with Crippen molar-refractivity contribution in [2.75, 3.05) is 0 Å². The van der Waals surface area contributed by atoms with Crippen LogP contribution in [0.25, 0.3) is 0 Å². The quantitative estimate of drug-likeness (QED) is 0.759. The third kappa shape index (κ3) is 2.73. The van der Waals surface area contributed by atoms with Crippen molar-refractivity contribution in [3.8, 4) is 0 Å². The molecule has 0 aromatic carbocycles. The second kappa shape index (κ2) is 4.20. The molecule has 0 saturated carbocycles. The highest BCUT2D eigenvalue weighted by atomic mass is 32.2. The maximum atomic E-state index is 5.73. The Hall–Kier alpha value is -0.130. The van der Waals surface area contributed by atoms with Gasteiger partial charge in [-0.25, -0.2) is 0 Å². The fraction of sp³-hybridized carbons (Fsp3) is 0.714. The standard InChI is InChI=1S/C7H13N3S2/c1-4(8)5(2)11-7-10-9-6(3)12-7/h4-5H,8H2,1-3H3. The van der Waals surface area contributed by atoms with E-state index in [-0.39, 0.29) is 6.04 Å². The number of aromatic nitrogens is 2. The molecule has 12 heavy (non-hydrogen) atoms. The Morgan fingerprint density at radius 2 is 2.08 bits per heavy atom. The Labute approximate surface area is 80.8 Å². The van der Waals surface area contributed by atoms with Crippen LogP contribution in [0, 0.1) is 6.92 Å². The van der Waals surface area contributed by atoms with E-state index >= 15 is 0 Å². The minimum absolute atomic E-state index is 0.194. The molecule has 2 atom stereocenters. The number of aryl methyl sites for hydroxylation is 1. The van der Waals surface area contributed by atoms with Gasteiger partial charge in [-0.15, -0.1) is 10.2 Å². The summed E-state index contributed by atoms with van der Waals surface area (Å²) in [6.07, 6.45) is 0. The first kappa shape index (κ1) is 9.95. The first-order valence-corrected chi connectivity index (χ1v) is 5.51. The van der Waals surface area contributed by atoms with Gasteiger partial charge in [-0.1, -0.05) is 30.0 Å². The van der Waals surface area contributed by atoms with Crippen LogP contribution in [-0.4, -0.2) is 21.5 Å². The van der Waals surface area contributed by atoms with E-state index in [1.165, 1.54) is 0 Å². The molecular formula is C7H13N3S2. The van der Waals surface area contributed by atoms with Crippen LogP contribution < -0.4 is 5.73 Å². The van der Waals surface area contributed by atoms with Crippen molar-refractivity contribution in [1.82, 2.24) is 10.2 Å². The Balaban J connectivity index is 2.52. The molecule has 0 fully saturated rings. The molecule has 0 radical (unpaired) electrons. The zero-order chi connectivity index (χ0) is 9.14. The monoisotopic (exact) mass is 203 g/mol. The van der Waals surface area contributed by atoms with Crippen LogP contribution in [0.3, 0.4) is 0 Å². The van der Waals surface area contributed by atoms with Gasteiger partial charge in [0.1, 0.15) is 5.01 Å². The summed E-state index contributed by atoms with van der Waals surface area (Å²) in [6.45, 7) is 6.07. The molecular weight excluding hydrogens is 190 g/mol. The zero-order valence-electron chi connectivity index (χ0n) is 7.44. The average molecular weight is 203 g/mol. The summed E-state index contributed by atoms with van der Waals surface area (Å²) in [5.41, 5.74) is 5.73. The van der Waals surface area contributed by atoms with Gasteiger partial charge < -0.3 is 5.73 Å². The molecule has 1 aromatic heterocycles. The first-order chi connectivity index (χ1) is 5.59. The molecule has 0 spiro atoms. The summed E-state index contributed by atoms with van der Waals surface area (Å²) in [5, 5.41) is 9.36. The van der Waals surface area contributed by atoms with E-state index in [4.69, 9.17) is 5.73 Å². The summed E-state index contributed by atoms with van der Waals surface area (Å²) in [6, 6.07) is 0.194. The van der Waals surface area contributed by atoms with Crippen LogP contribution in [0.1, 0.15) is 18.9 Å². The molecule has 0 saturated heterocycles. The van der Waals surface area contributed by atoms with Gasteiger partial charge in [0.25, 0.3) is 0 Å². The normalized spacial score (nSPS) is 16.0. The van der Waals surface area contributed by atoms with Crippen molar-refractivity contribution in [1.29, 1.82) is 0 Å². The lowest BCUT2D eigenvalue weighted by molar-refractivity contribution is 0.730. The topological polar surface area (TPSA) is 51.8 Å². The molecule has 0 aliphatic carbocycles. The lowest BCUT2D eigenvalue weighted by atomic mass is 10.3. The van der Waals surface area contributed by atoms with Gasteiger partial charge in [-0.05, 0) is 13.8 Å². The Morgan fingerprint density at radius 1 is 1.42 bits per heavy atom. The molecule has 0 aliphatic heterocycles. The number of hydrogen-bond acceptors (Lipinski definition) is 5. The maximum Gasteiger partial charge on any atom is 0.174 e. The van der Waals surface area contributed by atoms with Crippen LogP contribution in [0.2, 0.25) is 0 Å². The highest BCUT2D eigenvalue weighted by molar-refractivity contribution is 8.01. The highest BCUT2D eigenvalue weighted by Crippen LogP contribution is 2.26. The smallest absolute Gasteiger partial charge is 0.174 e. The van der Waals surface area contributed by atoms with Gasteiger partial charge in [0.05, 0.1) is 0 Å². The number of rotatable bonds is 3. The molecule has 5 heteroatoms. The Morgan fingerprint density at radius 3 is 2.50 bits per heavy atom. The van der Waals surface area contributed by atoms with Crippen molar-refractivity contribution < 1.29 is 0 Å². The van der Waals surface area contributed by atoms with E-state index in [0.717, 1.165) is 9.35 Å². The van der Waals surface area contributed by atoms with E-state index in [2.05, 4.69) is 17.1 Å². The SMILES string of the molecule is Cc1nnc(SC(C)C(C)N)s1. The van der Waals surface area contributed by atoms with E-state index in [1.54, 1.807) is 23.1 Å². The van der Waals surface area contributed by atoms with Crippen molar-refractivity contribution in [2.24, 2.45) is 5.73 Å². The van der Waals surface area contributed by atoms with Crippen LogP contribution in [-0.2, 0) is 0 Å². The molecule has 1 heterocycles. The van der Waals surface area contributed by atoms with Crippen molar-refractivity contribution in [3.05, 3.63) is 5.01 Å². The summed E-state index contributed by atoms with van der Waals surface area (Å²) in [5.74, 6) is 0. The number of nitrogens with two attached hydrogens (primary N) is 1. The van der Waals surface area contributed by atoms with E-state index in [0.29, 0.717) is 5.25 Å². The lowest BCUT2D eigenvalue weighted by Crippen LogP contribution is -2.26. The molecule has 0 aliphatic rings. The number of hydrogen-bond donors (Lipinski definition) is 1. The number of thioether (sulfide) groups is 1. The van der Waals surface area contributed by atoms with Crippen LogP contribution in [0.4, 0.5) is 0 Å². The van der Waals surface area contributed by atoms with Gasteiger partial charge in [0.2, 0.25) is 0 Å². The molecule has 68 valence electrons. The summed E-state index contributed by atoms with van der Waals surface area (Å²) in [4.78, 5) is 0. The van der Waals surface area contributed by atoms with Crippen molar-refractivity contribution in [2.45, 2.75) is 36.4 Å². The van der Waals surface area contributed by atoms with Crippen molar-refractivity contribution in [3.63, 3.8) is 0 Å². The van der Waals surface area contributed by atoms with Crippen molar-refractivity contribution >= 4 is 23.1 Å². The Kier molecular flexibility index (Phi) is 3.49.